The van der Waals surface area contributed by atoms with E-state index in [4.69, 9.17) is 4.74 Å². The van der Waals surface area contributed by atoms with Gasteiger partial charge in [-0.3, -0.25) is 0 Å². The van der Waals surface area contributed by atoms with Gasteiger partial charge in [-0.2, -0.15) is 11.8 Å². The lowest BCUT2D eigenvalue weighted by Gasteiger charge is -2.23. The number of hydrogen-bond donors (Lipinski definition) is 1. The quantitative estimate of drug-likeness (QED) is 0.858. The molecule has 0 bridgehead atoms. The van der Waals surface area contributed by atoms with Crippen LogP contribution in [-0.2, 0) is 12.8 Å². The van der Waals surface area contributed by atoms with Crippen LogP contribution < -0.4 is 10.1 Å². The molecule has 4 heteroatoms. The van der Waals surface area contributed by atoms with Crippen molar-refractivity contribution in [1.82, 2.24) is 5.32 Å². The monoisotopic (exact) mass is 357 g/mol. The van der Waals surface area contributed by atoms with E-state index in [9.17, 15) is 0 Å². The Hall–Kier alpha value is -0.190. The fourth-order valence-corrected chi connectivity index (χ4v) is 3.90. The smallest absolute Gasteiger partial charge is 0.125 e. The van der Waals surface area contributed by atoms with E-state index in [2.05, 4.69) is 54.2 Å². The highest BCUT2D eigenvalue weighted by atomic mass is 79.9. The number of likely N-dealkylation sites (N-methyl/N-ethyl adjacent to an activating group) is 1. The Balaban J connectivity index is 2.08. The highest BCUT2D eigenvalue weighted by Gasteiger charge is 2.21. The third-order valence-electron chi connectivity index (χ3n) is 3.42. The van der Waals surface area contributed by atoms with Gasteiger partial charge < -0.3 is 10.1 Å². The largest absolute Gasteiger partial charge is 0.493 e. The Morgan fingerprint density at radius 3 is 2.80 bits per heavy atom. The van der Waals surface area contributed by atoms with Crippen molar-refractivity contribution in [3.05, 3.63) is 27.7 Å². The lowest BCUT2D eigenvalue weighted by atomic mass is 10.0. The van der Waals surface area contributed by atoms with E-state index in [0.717, 1.165) is 35.4 Å². The van der Waals surface area contributed by atoms with E-state index in [-0.39, 0.29) is 0 Å². The molecule has 0 radical (unpaired) electrons. The zero-order valence-electron chi connectivity index (χ0n) is 12.8. The molecule has 0 aliphatic carbocycles. The van der Waals surface area contributed by atoms with Crippen molar-refractivity contribution in [1.29, 1.82) is 0 Å². The van der Waals surface area contributed by atoms with Gasteiger partial charge in [0.1, 0.15) is 5.75 Å². The molecule has 1 aromatic rings. The fourth-order valence-electron chi connectivity index (χ4n) is 2.36. The zero-order valence-corrected chi connectivity index (χ0v) is 15.2. The Morgan fingerprint density at radius 2 is 2.15 bits per heavy atom. The van der Waals surface area contributed by atoms with Crippen molar-refractivity contribution in [2.75, 3.05) is 19.4 Å². The maximum Gasteiger partial charge on any atom is 0.125 e. The number of rotatable bonds is 5. The first-order chi connectivity index (χ1) is 9.39. The second kappa shape index (κ2) is 6.71. The normalized spacial score (nSPS) is 15.8. The van der Waals surface area contributed by atoms with E-state index in [0.29, 0.717) is 10.8 Å². The van der Waals surface area contributed by atoms with Crippen molar-refractivity contribution >= 4 is 27.7 Å². The number of benzene rings is 1. The second-order valence-electron chi connectivity index (χ2n) is 6.26. The minimum atomic E-state index is 0.310. The van der Waals surface area contributed by atoms with Gasteiger partial charge in [0, 0.05) is 27.4 Å². The maximum atomic E-state index is 5.82. The Bertz CT molecular complexity index is 470. The average Bonchev–Trinajstić information content (AvgIpc) is 2.81. The Morgan fingerprint density at radius 1 is 1.40 bits per heavy atom. The number of thioether (sulfide) groups is 1. The van der Waals surface area contributed by atoms with E-state index >= 15 is 0 Å². The van der Waals surface area contributed by atoms with Gasteiger partial charge in [0.15, 0.2) is 0 Å². The molecule has 0 amide bonds. The van der Waals surface area contributed by atoms with Crippen LogP contribution in [0, 0.1) is 0 Å². The highest BCUT2D eigenvalue weighted by molar-refractivity contribution is 9.10. The summed E-state index contributed by atoms with van der Waals surface area (Å²) in [5.41, 5.74) is 2.66. The van der Waals surface area contributed by atoms with Crippen LogP contribution in [0.4, 0.5) is 0 Å². The summed E-state index contributed by atoms with van der Waals surface area (Å²) < 4.78 is 7.29. The molecular formula is C16H24BrNOS. The van der Waals surface area contributed by atoms with Gasteiger partial charge in [-0.1, -0.05) is 36.7 Å². The van der Waals surface area contributed by atoms with Crippen molar-refractivity contribution in [3.63, 3.8) is 0 Å². The van der Waals surface area contributed by atoms with Crippen molar-refractivity contribution in [2.24, 2.45) is 0 Å². The SMILES string of the molecule is CNC(CSC(C)(C)C)Cc1cc(Br)cc2c1OCC2. The first kappa shape index (κ1) is 16.2. The summed E-state index contributed by atoms with van der Waals surface area (Å²) in [6.45, 7) is 7.62. The van der Waals surface area contributed by atoms with Gasteiger partial charge in [0.25, 0.3) is 0 Å². The van der Waals surface area contributed by atoms with Crippen molar-refractivity contribution in [3.8, 4) is 5.75 Å². The first-order valence-corrected chi connectivity index (χ1v) is 8.92. The minimum Gasteiger partial charge on any atom is -0.493 e. The molecule has 2 rings (SSSR count). The van der Waals surface area contributed by atoms with Crippen LogP contribution >= 0.6 is 27.7 Å². The van der Waals surface area contributed by atoms with Crippen LogP contribution in [0.15, 0.2) is 16.6 Å². The molecule has 1 aliphatic rings. The topological polar surface area (TPSA) is 21.3 Å². The van der Waals surface area contributed by atoms with Crippen molar-refractivity contribution < 1.29 is 4.74 Å². The van der Waals surface area contributed by atoms with E-state index in [1.165, 1.54) is 11.1 Å². The van der Waals surface area contributed by atoms with Crippen LogP contribution in [0.25, 0.3) is 0 Å². The molecular weight excluding hydrogens is 334 g/mol. The number of fused-ring (bicyclic) bond motifs is 1. The van der Waals surface area contributed by atoms with Crippen LogP contribution in [0.2, 0.25) is 0 Å². The maximum absolute atomic E-state index is 5.82. The summed E-state index contributed by atoms with van der Waals surface area (Å²) in [7, 11) is 2.05. The van der Waals surface area contributed by atoms with Gasteiger partial charge >= 0.3 is 0 Å². The molecule has 1 N–H and O–H groups in total. The summed E-state index contributed by atoms with van der Waals surface area (Å²) in [6, 6.07) is 4.86. The van der Waals surface area contributed by atoms with Crippen LogP contribution in [0.3, 0.4) is 0 Å². The zero-order chi connectivity index (χ0) is 14.8. The summed E-state index contributed by atoms with van der Waals surface area (Å²) in [6.07, 6.45) is 2.05. The van der Waals surface area contributed by atoms with Gasteiger partial charge in [-0.05, 0) is 36.7 Å². The average molecular weight is 358 g/mol. The number of hydrogen-bond acceptors (Lipinski definition) is 3. The van der Waals surface area contributed by atoms with E-state index in [1.54, 1.807) is 0 Å². The summed E-state index contributed by atoms with van der Waals surface area (Å²) in [5, 5.41) is 3.44. The van der Waals surface area contributed by atoms with Crippen LogP contribution in [0.5, 0.6) is 5.75 Å². The third-order valence-corrected chi connectivity index (χ3v) is 5.31. The van der Waals surface area contributed by atoms with E-state index < -0.39 is 0 Å². The molecule has 112 valence electrons. The lowest BCUT2D eigenvalue weighted by molar-refractivity contribution is 0.352. The Labute approximate surface area is 135 Å². The van der Waals surface area contributed by atoms with Gasteiger partial charge in [0.2, 0.25) is 0 Å². The fraction of sp³-hybridized carbons (Fsp3) is 0.625. The van der Waals surface area contributed by atoms with Crippen LogP contribution in [0.1, 0.15) is 31.9 Å². The first-order valence-electron chi connectivity index (χ1n) is 7.14. The highest BCUT2D eigenvalue weighted by Crippen LogP contribution is 2.34. The van der Waals surface area contributed by atoms with Crippen molar-refractivity contribution in [2.45, 2.75) is 44.4 Å². The third kappa shape index (κ3) is 4.40. The predicted molar refractivity (Wildman–Crippen MR) is 92.1 cm³/mol. The standard InChI is InChI=1S/C16H24BrNOS/c1-16(2,3)20-10-14(18-4)9-12-8-13(17)7-11-5-6-19-15(11)12/h7-8,14,18H,5-6,9-10H2,1-4H3. The lowest BCUT2D eigenvalue weighted by Crippen LogP contribution is -2.31. The molecule has 0 saturated heterocycles. The molecule has 0 fully saturated rings. The molecule has 0 aromatic heterocycles. The van der Waals surface area contributed by atoms with Gasteiger partial charge in [-0.15, -0.1) is 0 Å². The molecule has 1 heterocycles. The molecule has 1 atom stereocenters. The molecule has 20 heavy (non-hydrogen) atoms. The molecule has 0 saturated carbocycles. The molecule has 1 unspecified atom stereocenters. The van der Waals surface area contributed by atoms with E-state index in [1.807, 2.05) is 18.8 Å². The number of ether oxygens (including phenoxy) is 1. The van der Waals surface area contributed by atoms with Crippen LogP contribution in [-0.4, -0.2) is 30.2 Å². The predicted octanol–water partition coefficient (Wildman–Crippen LogP) is 4.05. The second-order valence-corrected chi connectivity index (χ2v) is 9.03. The van der Waals surface area contributed by atoms with Gasteiger partial charge in [-0.25, -0.2) is 0 Å². The molecule has 1 aliphatic heterocycles. The Kier molecular flexibility index (Phi) is 5.43. The summed E-state index contributed by atoms with van der Waals surface area (Å²) in [4.78, 5) is 0. The summed E-state index contributed by atoms with van der Waals surface area (Å²) in [5.74, 6) is 2.23. The number of nitrogens with one attached hydrogen (secondary N) is 1. The molecule has 1 aromatic carbocycles. The molecule has 0 spiro atoms. The number of halogens is 1. The molecule has 2 nitrogen and oxygen atoms in total. The van der Waals surface area contributed by atoms with Gasteiger partial charge in [0.05, 0.1) is 6.61 Å². The summed E-state index contributed by atoms with van der Waals surface area (Å²) >= 11 is 5.63. The minimum absolute atomic E-state index is 0.310.